The molecule has 0 amide bonds. The van der Waals surface area contributed by atoms with Crippen LogP contribution in [0.2, 0.25) is 0 Å². The van der Waals surface area contributed by atoms with E-state index < -0.39 is 11.6 Å². The number of aromatic nitrogens is 1. The number of nitrogens with zero attached hydrogens (tertiary/aromatic N) is 1. The zero-order valence-electron chi connectivity index (χ0n) is 8.00. The van der Waals surface area contributed by atoms with Gasteiger partial charge in [-0.3, -0.25) is 0 Å². The maximum absolute atomic E-state index is 13.2. The van der Waals surface area contributed by atoms with Crippen LogP contribution in [0.15, 0.2) is 11.1 Å². The molecule has 0 aliphatic rings. The Labute approximate surface area is 89.9 Å². The van der Waals surface area contributed by atoms with E-state index in [1.807, 2.05) is 5.43 Å². The van der Waals surface area contributed by atoms with E-state index in [1.54, 1.807) is 6.92 Å². The van der Waals surface area contributed by atoms with Gasteiger partial charge < -0.3 is 10.5 Å². The number of nitrogens with one attached hydrogen (secondary N) is 1. The first-order valence-electron chi connectivity index (χ1n) is 4.18. The lowest BCUT2D eigenvalue weighted by Gasteiger charge is -2.09. The van der Waals surface area contributed by atoms with Crippen molar-refractivity contribution < 1.29 is 13.9 Å². The number of hydrazine groups is 1. The average molecular weight is 235 g/mol. The summed E-state index contributed by atoms with van der Waals surface area (Å²) in [6.07, 6.45) is 0. The smallest absolute Gasteiger partial charge is 0.177 e. The van der Waals surface area contributed by atoms with Crippen LogP contribution in [0, 0.1) is 11.6 Å². The quantitative estimate of drug-likeness (QED) is 0.414. The second kappa shape index (κ2) is 5.24. The summed E-state index contributed by atoms with van der Waals surface area (Å²) >= 11 is 1.01. The molecule has 0 aromatic carbocycles. The van der Waals surface area contributed by atoms with Crippen molar-refractivity contribution in [2.75, 3.05) is 12.0 Å². The van der Waals surface area contributed by atoms with E-state index in [2.05, 4.69) is 4.98 Å². The van der Waals surface area contributed by atoms with Gasteiger partial charge in [0.25, 0.3) is 0 Å². The molecular formula is C8H11F2N3OS. The van der Waals surface area contributed by atoms with Crippen molar-refractivity contribution >= 4 is 17.6 Å². The number of hydrogen-bond acceptors (Lipinski definition) is 5. The number of anilines is 1. The van der Waals surface area contributed by atoms with Gasteiger partial charge in [-0.05, 0) is 0 Å². The Balaban J connectivity index is 2.97. The van der Waals surface area contributed by atoms with Crippen molar-refractivity contribution in [1.82, 2.24) is 4.98 Å². The monoisotopic (exact) mass is 235 g/mol. The summed E-state index contributed by atoms with van der Waals surface area (Å²) < 4.78 is 26.1. The van der Waals surface area contributed by atoms with Crippen molar-refractivity contribution in [2.24, 2.45) is 5.84 Å². The second-order valence-electron chi connectivity index (χ2n) is 2.86. The molecule has 0 saturated heterocycles. The summed E-state index contributed by atoms with van der Waals surface area (Å²) in [5.41, 5.74) is 2.03. The van der Waals surface area contributed by atoms with E-state index in [0.717, 1.165) is 11.8 Å². The van der Waals surface area contributed by atoms with Gasteiger partial charge in [-0.2, -0.15) is 0 Å². The molecular weight excluding hydrogens is 224 g/mol. The zero-order valence-corrected chi connectivity index (χ0v) is 8.81. The lowest BCUT2D eigenvalue weighted by atomic mass is 10.4. The Morgan fingerprint density at radius 1 is 1.60 bits per heavy atom. The Morgan fingerprint density at radius 3 is 2.80 bits per heavy atom. The molecule has 1 heterocycles. The second-order valence-corrected chi connectivity index (χ2v) is 4.29. The van der Waals surface area contributed by atoms with Gasteiger partial charge in [0, 0.05) is 11.3 Å². The number of aliphatic hydroxyl groups is 1. The summed E-state index contributed by atoms with van der Waals surface area (Å²) in [6, 6.07) is 0.703. The molecule has 0 bridgehead atoms. The van der Waals surface area contributed by atoms with Gasteiger partial charge in [0.15, 0.2) is 17.5 Å². The number of thioether (sulfide) groups is 1. The van der Waals surface area contributed by atoms with Gasteiger partial charge >= 0.3 is 0 Å². The van der Waals surface area contributed by atoms with Crippen LogP contribution in [0.4, 0.5) is 14.6 Å². The molecule has 0 spiro atoms. The zero-order chi connectivity index (χ0) is 11.4. The minimum Gasteiger partial charge on any atom is -0.395 e. The lowest BCUT2D eigenvalue weighted by Crippen LogP contribution is -2.12. The van der Waals surface area contributed by atoms with E-state index >= 15 is 0 Å². The van der Waals surface area contributed by atoms with Gasteiger partial charge in [-0.25, -0.2) is 19.6 Å². The van der Waals surface area contributed by atoms with E-state index in [1.165, 1.54) is 0 Å². The molecule has 1 atom stereocenters. The first-order chi connectivity index (χ1) is 7.08. The van der Waals surface area contributed by atoms with Gasteiger partial charge in [-0.15, -0.1) is 0 Å². The fourth-order valence-electron chi connectivity index (χ4n) is 0.861. The summed E-state index contributed by atoms with van der Waals surface area (Å²) in [4.78, 5) is 3.64. The molecule has 0 aliphatic carbocycles. The minimum atomic E-state index is -0.851. The standard InChI is InChI=1S/C8H11F2N3OS/c1-4(3-14)15-8-6(10)2-5(9)7(12-8)13-11/h2,4,14H,3,11H2,1H3,(H,12,13). The highest BCUT2D eigenvalue weighted by atomic mass is 32.2. The Bertz CT molecular complexity index is 351. The largest absolute Gasteiger partial charge is 0.395 e. The van der Waals surface area contributed by atoms with Crippen LogP contribution >= 0.6 is 11.8 Å². The van der Waals surface area contributed by atoms with Crippen molar-refractivity contribution in [2.45, 2.75) is 17.2 Å². The summed E-state index contributed by atoms with van der Waals surface area (Å²) in [5.74, 6) is 3.16. The minimum absolute atomic E-state index is 0.00546. The molecule has 1 aromatic heterocycles. The van der Waals surface area contributed by atoms with Crippen LogP contribution in [0.25, 0.3) is 0 Å². The summed E-state index contributed by atoms with van der Waals surface area (Å²) in [5, 5.41) is 8.57. The third kappa shape index (κ3) is 3.01. The Kier molecular flexibility index (Phi) is 4.25. The van der Waals surface area contributed by atoms with E-state index in [-0.39, 0.29) is 22.7 Å². The summed E-state index contributed by atoms with van der Waals surface area (Å²) in [7, 11) is 0. The Hall–Kier alpha value is -0.920. The molecule has 7 heteroatoms. The SMILES string of the molecule is CC(CO)Sc1nc(NN)c(F)cc1F. The predicted molar refractivity (Wildman–Crippen MR) is 54.4 cm³/mol. The number of aliphatic hydroxyl groups excluding tert-OH is 1. The van der Waals surface area contributed by atoms with Gasteiger partial charge in [0.1, 0.15) is 5.03 Å². The Morgan fingerprint density at radius 2 is 2.27 bits per heavy atom. The van der Waals surface area contributed by atoms with Crippen LogP contribution in [0.1, 0.15) is 6.92 Å². The fraction of sp³-hybridized carbons (Fsp3) is 0.375. The van der Waals surface area contributed by atoms with E-state index in [0.29, 0.717) is 6.07 Å². The fourth-order valence-corrected chi connectivity index (χ4v) is 1.63. The third-order valence-electron chi connectivity index (χ3n) is 1.60. The van der Waals surface area contributed by atoms with E-state index in [9.17, 15) is 8.78 Å². The molecule has 0 radical (unpaired) electrons. The molecule has 0 fully saturated rings. The number of rotatable bonds is 4. The third-order valence-corrected chi connectivity index (χ3v) is 2.66. The molecule has 84 valence electrons. The van der Waals surface area contributed by atoms with Crippen LogP contribution < -0.4 is 11.3 Å². The van der Waals surface area contributed by atoms with Crippen molar-refractivity contribution in [3.63, 3.8) is 0 Å². The van der Waals surface area contributed by atoms with Crippen LogP contribution in [-0.4, -0.2) is 21.9 Å². The first-order valence-corrected chi connectivity index (χ1v) is 5.06. The lowest BCUT2D eigenvalue weighted by molar-refractivity contribution is 0.300. The van der Waals surface area contributed by atoms with Crippen molar-refractivity contribution in [3.8, 4) is 0 Å². The molecule has 0 aliphatic heterocycles. The maximum Gasteiger partial charge on any atom is 0.177 e. The highest BCUT2D eigenvalue weighted by Gasteiger charge is 2.14. The molecule has 15 heavy (non-hydrogen) atoms. The highest BCUT2D eigenvalue weighted by molar-refractivity contribution is 7.99. The summed E-state index contributed by atoms with van der Waals surface area (Å²) in [6.45, 7) is 1.58. The molecule has 1 aromatic rings. The number of pyridine rings is 1. The van der Waals surface area contributed by atoms with Crippen molar-refractivity contribution in [1.29, 1.82) is 0 Å². The topological polar surface area (TPSA) is 71.2 Å². The van der Waals surface area contributed by atoms with Crippen LogP contribution in [0.5, 0.6) is 0 Å². The maximum atomic E-state index is 13.2. The molecule has 4 nitrogen and oxygen atoms in total. The van der Waals surface area contributed by atoms with E-state index in [4.69, 9.17) is 10.9 Å². The number of nitrogens with two attached hydrogens (primary N) is 1. The van der Waals surface area contributed by atoms with Crippen LogP contribution in [-0.2, 0) is 0 Å². The molecule has 1 unspecified atom stereocenters. The molecule has 4 N–H and O–H groups in total. The predicted octanol–water partition coefficient (Wildman–Crippen LogP) is 1.12. The van der Waals surface area contributed by atoms with Gasteiger partial charge in [0.05, 0.1) is 6.61 Å². The number of halogens is 2. The first kappa shape index (κ1) is 12.2. The number of nitrogen functional groups attached to an aromatic ring is 1. The normalized spacial score (nSPS) is 12.6. The highest BCUT2D eigenvalue weighted by Crippen LogP contribution is 2.26. The molecule has 1 rings (SSSR count). The van der Waals surface area contributed by atoms with Gasteiger partial charge in [0.2, 0.25) is 0 Å². The molecule has 0 saturated carbocycles. The number of hydrogen-bond donors (Lipinski definition) is 3. The van der Waals surface area contributed by atoms with Crippen LogP contribution in [0.3, 0.4) is 0 Å². The van der Waals surface area contributed by atoms with Gasteiger partial charge in [-0.1, -0.05) is 18.7 Å². The average Bonchev–Trinajstić information content (AvgIpc) is 2.21. The van der Waals surface area contributed by atoms with Crippen molar-refractivity contribution in [3.05, 3.63) is 17.7 Å².